The van der Waals surface area contributed by atoms with Gasteiger partial charge in [0.25, 0.3) is 0 Å². The molecule has 1 aromatic carbocycles. The number of nitrogens with one attached hydrogen (secondary N) is 1. The van der Waals surface area contributed by atoms with Crippen molar-refractivity contribution in [1.82, 2.24) is 9.78 Å². The number of halogens is 1. The predicted octanol–water partition coefficient (Wildman–Crippen LogP) is 4.63. The third-order valence-electron chi connectivity index (χ3n) is 4.50. The van der Waals surface area contributed by atoms with E-state index >= 15 is 0 Å². The zero-order valence-electron chi connectivity index (χ0n) is 17.4. The van der Waals surface area contributed by atoms with Crippen molar-refractivity contribution in [3.05, 3.63) is 47.7 Å². The van der Waals surface area contributed by atoms with Crippen LogP contribution < -0.4 is 11.1 Å². The van der Waals surface area contributed by atoms with Crippen LogP contribution in [-0.2, 0) is 15.7 Å². The third-order valence-corrected chi connectivity index (χ3v) is 4.50. The summed E-state index contributed by atoms with van der Waals surface area (Å²) in [6.07, 6.45) is 0. The first-order valence-corrected chi connectivity index (χ1v) is 9.13. The number of amides is 1. The fraction of sp³-hybridized carbons (Fsp3) is 0.524. The summed E-state index contributed by atoms with van der Waals surface area (Å²) in [5.74, 6) is 0.241. The maximum Gasteiger partial charge on any atom is 0.230 e. The summed E-state index contributed by atoms with van der Waals surface area (Å²) in [5.41, 5.74) is 7.87. The second-order valence-electron chi connectivity index (χ2n) is 8.96. The summed E-state index contributed by atoms with van der Waals surface area (Å²) in [6.45, 7) is 14.4. The van der Waals surface area contributed by atoms with Gasteiger partial charge in [0.15, 0.2) is 0 Å². The van der Waals surface area contributed by atoms with Crippen molar-refractivity contribution in [3.63, 3.8) is 0 Å². The number of benzene rings is 1. The first-order chi connectivity index (χ1) is 11.9. The minimum atomic E-state index is -0.362. The molecule has 27 heavy (non-hydrogen) atoms. The fourth-order valence-corrected chi connectivity index (χ4v) is 2.72. The number of nitrogens with two attached hydrogens (primary N) is 1. The van der Waals surface area contributed by atoms with Crippen molar-refractivity contribution in [2.45, 2.75) is 65.5 Å². The highest BCUT2D eigenvalue weighted by Gasteiger charge is 2.28. The van der Waals surface area contributed by atoms with E-state index in [9.17, 15) is 4.79 Å². The van der Waals surface area contributed by atoms with Crippen molar-refractivity contribution < 1.29 is 4.79 Å². The van der Waals surface area contributed by atoms with Gasteiger partial charge in [-0.3, -0.25) is 4.79 Å². The summed E-state index contributed by atoms with van der Waals surface area (Å²) in [6, 6.07) is 11.3. The van der Waals surface area contributed by atoms with Gasteiger partial charge in [0.05, 0.1) is 17.2 Å². The second-order valence-corrected chi connectivity index (χ2v) is 8.96. The van der Waals surface area contributed by atoms with Gasteiger partial charge in [0, 0.05) is 17.5 Å². The van der Waals surface area contributed by atoms with Crippen molar-refractivity contribution >= 4 is 24.1 Å². The maximum absolute atomic E-state index is 12.8. The number of hydrogen-bond donors (Lipinski definition) is 2. The molecule has 6 heteroatoms. The number of nitrogens with zero attached hydrogens (tertiary/aromatic N) is 2. The number of carbonyl (C=O) groups is 1. The Morgan fingerprint density at radius 1 is 1.11 bits per heavy atom. The molecule has 3 N–H and O–H groups in total. The Hall–Kier alpha value is -1.85. The molecular weight excluding hydrogens is 360 g/mol. The van der Waals surface area contributed by atoms with E-state index in [1.807, 2.05) is 48.0 Å². The summed E-state index contributed by atoms with van der Waals surface area (Å²) in [5, 5.41) is 7.78. The van der Waals surface area contributed by atoms with Gasteiger partial charge >= 0.3 is 0 Å². The highest BCUT2D eigenvalue weighted by atomic mass is 35.5. The van der Waals surface area contributed by atoms with Crippen LogP contribution in [0.5, 0.6) is 0 Å². The highest BCUT2D eigenvalue weighted by molar-refractivity contribution is 5.92. The number of hydrogen-bond acceptors (Lipinski definition) is 3. The number of anilines is 1. The summed E-state index contributed by atoms with van der Waals surface area (Å²) >= 11 is 0. The van der Waals surface area contributed by atoms with Crippen LogP contribution in [0.3, 0.4) is 0 Å². The lowest BCUT2D eigenvalue weighted by Crippen LogP contribution is -2.33. The Balaban J connectivity index is 0.00000364. The Labute approximate surface area is 169 Å². The average Bonchev–Trinajstić information content (AvgIpc) is 2.98. The summed E-state index contributed by atoms with van der Waals surface area (Å²) in [7, 11) is 0. The van der Waals surface area contributed by atoms with Gasteiger partial charge in [0.2, 0.25) is 5.91 Å². The fourth-order valence-electron chi connectivity index (χ4n) is 2.72. The number of carbonyl (C=O) groups excluding carboxylic acids is 1. The zero-order valence-corrected chi connectivity index (χ0v) is 18.2. The molecule has 0 aliphatic carbocycles. The molecule has 0 saturated carbocycles. The van der Waals surface area contributed by atoms with Crippen LogP contribution in [0, 0.1) is 5.92 Å². The molecule has 2 unspecified atom stereocenters. The molecule has 0 fully saturated rings. The summed E-state index contributed by atoms with van der Waals surface area (Å²) < 4.78 is 1.88. The Morgan fingerprint density at radius 3 is 2.15 bits per heavy atom. The molecule has 2 aromatic rings. The highest BCUT2D eigenvalue weighted by Crippen LogP contribution is 2.29. The Kier molecular flexibility index (Phi) is 7.25. The zero-order chi connectivity index (χ0) is 19.7. The lowest BCUT2D eigenvalue weighted by Gasteiger charge is -2.24. The minimum absolute atomic E-state index is 0. The van der Waals surface area contributed by atoms with Crippen LogP contribution in [0.25, 0.3) is 0 Å². The first kappa shape index (κ1) is 23.2. The first-order valence-electron chi connectivity index (χ1n) is 9.13. The molecule has 2 atom stereocenters. The SMILES string of the molecule is CC(C(=O)Nc1cc(C(C)(C)C)nn1C(C)(C)C)C(N)c1ccccc1.Cl. The van der Waals surface area contributed by atoms with Crippen molar-refractivity contribution in [3.8, 4) is 0 Å². The molecule has 2 rings (SSSR count). The van der Waals surface area contributed by atoms with Gasteiger partial charge in [-0.2, -0.15) is 5.10 Å². The van der Waals surface area contributed by atoms with Gasteiger partial charge in [-0.1, -0.05) is 58.0 Å². The van der Waals surface area contributed by atoms with Gasteiger partial charge in [-0.15, -0.1) is 12.4 Å². The van der Waals surface area contributed by atoms with E-state index in [-0.39, 0.29) is 41.2 Å². The van der Waals surface area contributed by atoms with Crippen molar-refractivity contribution in [2.75, 3.05) is 5.32 Å². The van der Waals surface area contributed by atoms with E-state index in [2.05, 4.69) is 46.9 Å². The smallest absolute Gasteiger partial charge is 0.230 e. The van der Waals surface area contributed by atoms with Gasteiger partial charge in [0.1, 0.15) is 5.82 Å². The molecule has 1 aromatic heterocycles. The van der Waals surface area contributed by atoms with E-state index < -0.39 is 0 Å². The van der Waals surface area contributed by atoms with Crippen LogP contribution >= 0.6 is 12.4 Å². The van der Waals surface area contributed by atoms with Gasteiger partial charge in [-0.25, -0.2) is 4.68 Å². The lowest BCUT2D eigenvalue weighted by atomic mass is 9.92. The van der Waals surface area contributed by atoms with Gasteiger partial charge in [-0.05, 0) is 26.3 Å². The normalized spacial score (nSPS) is 14.2. The monoisotopic (exact) mass is 392 g/mol. The lowest BCUT2D eigenvalue weighted by molar-refractivity contribution is -0.120. The predicted molar refractivity (Wildman–Crippen MR) is 114 cm³/mol. The minimum Gasteiger partial charge on any atom is -0.323 e. The van der Waals surface area contributed by atoms with Crippen LogP contribution in [0.2, 0.25) is 0 Å². The van der Waals surface area contributed by atoms with Crippen LogP contribution in [0.15, 0.2) is 36.4 Å². The molecule has 0 radical (unpaired) electrons. The molecular formula is C21H33ClN4O. The molecule has 1 amide bonds. The maximum atomic E-state index is 12.8. The van der Waals surface area contributed by atoms with Crippen LogP contribution in [-0.4, -0.2) is 15.7 Å². The molecule has 0 bridgehead atoms. The average molecular weight is 393 g/mol. The standard InChI is InChI=1S/C21H32N4O.ClH/c1-14(18(22)15-11-9-8-10-12-15)19(26)23-17-13-16(20(2,3)4)24-25(17)21(5,6)7;/h8-14,18H,22H2,1-7H3,(H,23,26);1H. The molecule has 5 nitrogen and oxygen atoms in total. The molecule has 0 aliphatic rings. The third kappa shape index (κ3) is 5.56. The van der Waals surface area contributed by atoms with Gasteiger partial charge < -0.3 is 11.1 Å². The van der Waals surface area contributed by atoms with Crippen molar-refractivity contribution in [2.24, 2.45) is 11.7 Å². The van der Waals surface area contributed by atoms with E-state index in [4.69, 9.17) is 10.8 Å². The molecule has 0 aliphatic heterocycles. The van der Waals surface area contributed by atoms with Crippen LogP contribution in [0.4, 0.5) is 5.82 Å². The van der Waals surface area contributed by atoms with E-state index in [1.54, 1.807) is 0 Å². The molecule has 150 valence electrons. The molecule has 0 saturated heterocycles. The van der Waals surface area contributed by atoms with E-state index in [1.165, 1.54) is 0 Å². The summed E-state index contributed by atoms with van der Waals surface area (Å²) in [4.78, 5) is 12.8. The van der Waals surface area contributed by atoms with Crippen molar-refractivity contribution in [1.29, 1.82) is 0 Å². The van der Waals surface area contributed by atoms with E-state index in [0.717, 1.165) is 11.3 Å². The largest absolute Gasteiger partial charge is 0.323 e. The second kappa shape index (κ2) is 8.44. The van der Waals surface area contributed by atoms with E-state index in [0.29, 0.717) is 5.82 Å². The molecule has 1 heterocycles. The quantitative estimate of drug-likeness (QED) is 0.796. The Morgan fingerprint density at radius 2 is 1.67 bits per heavy atom. The van der Waals surface area contributed by atoms with Crippen LogP contribution in [0.1, 0.15) is 65.8 Å². The number of aromatic nitrogens is 2. The molecule has 0 spiro atoms. The Bertz CT molecular complexity index is 757. The topological polar surface area (TPSA) is 72.9 Å². The number of rotatable bonds is 4.